The van der Waals surface area contributed by atoms with Gasteiger partial charge in [0.25, 0.3) is 0 Å². The zero-order valence-electron chi connectivity index (χ0n) is 10.8. The second kappa shape index (κ2) is 5.83. The summed E-state index contributed by atoms with van der Waals surface area (Å²) in [5.41, 5.74) is 2.26. The summed E-state index contributed by atoms with van der Waals surface area (Å²) in [5.74, 6) is 0. The van der Waals surface area contributed by atoms with E-state index in [2.05, 4.69) is 30.2 Å². The lowest BCUT2D eigenvalue weighted by Crippen LogP contribution is -2.19. The highest BCUT2D eigenvalue weighted by Gasteiger charge is 2.15. The maximum atomic E-state index is 6.24. The molecule has 96 valence electrons. The van der Waals surface area contributed by atoms with Gasteiger partial charge in [-0.05, 0) is 32.5 Å². The van der Waals surface area contributed by atoms with E-state index < -0.39 is 0 Å². The topological polar surface area (TPSA) is 24.9 Å². The molecular weight excluding hydrogens is 264 g/mol. The molecule has 0 saturated carbocycles. The molecule has 0 aliphatic rings. The van der Waals surface area contributed by atoms with Crippen molar-refractivity contribution in [2.75, 3.05) is 7.05 Å². The summed E-state index contributed by atoms with van der Waals surface area (Å²) in [4.78, 5) is 5.88. The minimum absolute atomic E-state index is 0.212. The molecule has 1 N–H and O–H groups in total. The van der Waals surface area contributed by atoms with E-state index in [1.807, 2.05) is 25.2 Å². The van der Waals surface area contributed by atoms with Crippen molar-refractivity contribution >= 4 is 22.9 Å². The van der Waals surface area contributed by atoms with E-state index in [9.17, 15) is 0 Å². The van der Waals surface area contributed by atoms with Crippen LogP contribution in [0.1, 0.15) is 27.2 Å². The quantitative estimate of drug-likeness (QED) is 0.918. The fourth-order valence-corrected chi connectivity index (χ4v) is 3.17. The summed E-state index contributed by atoms with van der Waals surface area (Å²) in [6.07, 6.45) is 0.875. The van der Waals surface area contributed by atoms with Crippen LogP contribution in [-0.4, -0.2) is 12.0 Å². The summed E-state index contributed by atoms with van der Waals surface area (Å²) >= 11 is 8.01. The zero-order chi connectivity index (χ0) is 13.1. The Bertz CT molecular complexity index is 517. The molecule has 0 bridgehead atoms. The van der Waals surface area contributed by atoms with Gasteiger partial charge in [-0.25, -0.2) is 4.98 Å². The Morgan fingerprint density at radius 3 is 2.61 bits per heavy atom. The Hall–Kier alpha value is -0.900. The van der Waals surface area contributed by atoms with Crippen molar-refractivity contribution in [1.29, 1.82) is 0 Å². The largest absolute Gasteiger partial charge is 0.313 e. The molecule has 2 nitrogen and oxygen atoms in total. The normalized spacial score (nSPS) is 12.7. The van der Waals surface area contributed by atoms with Gasteiger partial charge >= 0.3 is 0 Å². The summed E-state index contributed by atoms with van der Waals surface area (Å²) in [6, 6.07) is 8.18. The van der Waals surface area contributed by atoms with E-state index in [-0.39, 0.29) is 6.04 Å². The van der Waals surface area contributed by atoms with Crippen LogP contribution in [0.5, 0.6) is 0 Å². The van der Waals surface area contributed by atoms with Gasteiger partial charge in [0.15, 0.2) is 0 Å². The minimum Gasteiger partial charge on any atom is -0.313 e. The smallest absolute Gasteiger partial charge is 0.0949 e. The predicted octanol–water partition coefficient (Wildman–Crippen LogP) is 3.92. The van der Waals surface area contributed by atoms with E-state index in [0.29, 0.717) is 0 Å². The molecule has 18 heavy (non-hydrogen) atoms. The van der Waals surface area contributed by atoms with Crippen LogP contribution in [0.25, 0.3) is 0 Å². The van der Waals surface area contributed by atoms with Gasteiger partial charge in [0.2, 0.25) is 0 Å². The average molecular weight is 281 g/mol. The van der Waals surface area contributed by atoms with Crippen molar-refractivity contribution in [3.05, 3.63) is 50.4 Å². The zero-order valence-corrected chi connectivity index (χ0v) is 12.4. The van der Waals surface area contributed by atoms with Crippen LogP contribution in [0, 0.1) is 13.8 Å². The lowest BCUT2D eigenvalue weighted by atomic mass is 10.0. The molecule has 0 saturated heterocycles. The van der Waals surface area contributed by atoms with E-state index in [4.69, 9.17) is 11.6 Å². The molecule has 1 aromatic heterocycles. The summed E-state index contributed by atoms with van der Waals surface area (Å²) in [7, 11) is 1.96. The third kappa shape index (κ3) is 2.91. The summed E-state index contributed by atoms with van der Waals surface area (Å²) < 4.78 is 0. The van der Waals surface area contributed by atoms with Crippen LogP contribution in [-0.2, 0) is 6.42 Å². The third-order valence-electron chi connectivity index (χ3n) is 3.08. The van der Waals surface area contributed by atoms with Crippen molar-refractivity contribution in [1.82, 2.24) is 10.3 Å². The minimum atomic E-state index is 0.212. The molecule has 0 aliphatic carbocycles. The van der Waals surface area contributed by atoms with E-state index in [0.717, 1.165) is 27.7 Å². The van der Waals surface area contributed by atoms with E-state index in [1.165, 1.54) is 4.88 Å². The molecule has 0 spiro atoms. The van der Waals surface area contributed by atoms with Crippen molar-refractivity contribution in [2.45, 2.75) is 26.3 Å². The van der Waals surface area contributed by atoms with Gasteiger partial charge in [-0.2, -0.15) is 0 Å². The van der Waals surface area contributed by atoms with Crippen LogP contribution in [0.4, 0.5) is 0 Å². The van der Waals surface area contributed by atoms with Crippen molar-refractivity contribution < 1.29 is 0 Å². The molecule has 0 radical (unpaired) electrons. The number of benzene rings is 1. The molecule has 0 amide bonds. The van der Waals surface area contributed by atoms with Gasteiger partial charge in [0, 0.05) is 22.4 Å². The SMILES string of the molecule is CNC(Cc1nc(C)c(C)s1)c1ccccc1Cl. The monoisotopic (exact) mass is 280 g/mol. The molecule has 0 aliphatic heterocycles. The Labute approximate surface area is 117 Å². The van der Waals surface area contributed by atoms with Crippen LogP contribution in [0.15, 0.2) is 24.3 Å². The summed E-state index contributed by atoms with van der Waals surface area (Å²) in [5, 5.41) is 5.28. The van der Waals surface area contributed by atoms with Gasteiger partial charge in [-0.15, -0.1) is 11.3 Å². The number of nitrogens with one attached hydrogen (secondary N) is 1. The first kappa shape index (κ1) is 13.5. The van der Waals surface area contributed by atoms with Crippen LogP contribution < -0.4 is 5.32 Å². The van der Waals surface area contributed by atoms with Crippen LogP contribution >= 0.6 is 22.9 Å². The fourth-order valence-electron chi connectivity index (χ4n) is 1.93. The number of nitrogens with zero attached hydrogens (tertiary/aromatic N) is 1. The number of aromatic nitrogens is 1. The lowest BCUT2D eigenvalue weighted by Gasteiger charge is -2.16. The molecule has 1 heterocycles. The molecular formula is C14H17ClN2S. The van der Waals surface area contributed by atoms with Crippen molar-refractivity contribution in [3.63, 3.8) is 0 Å². The van der Waals surface area contributed by atoms with Gasteiger partial charge in [-0.3, -0.25) is 0 Å². The maximum Gasteiger partial charge on any atom is 0.0949 e. The molecule has 2 aromatic rings. The first-order valence-corrected chi connectivity index (χ1v) is 7.16. The van der Waals surface area contributed by atoms with Gasteiger partial charge < -0.3 is 5.32 Å². The molecule has 0 fully saturated rings. The predicted molar refractivity (Wildman–Crippen MR) is 78.5 cm³/mol. The fraction of sp³-hybridized carbons (Fsp3) is 0.357. The second-order valence-corrected chi connectivity index (χ2v) is 6.01. The Morgan fingerprint density at radius 2 is 2.06 bits per heavy atom. The first-order valence-electron chi connectivity index (χ1n) is 5.96. The number of likely N-dealkylation sites (N-methyl/N-ethyl adjacent to an activating group) is 1. The molecule has 4 heteroatoms. The number of thiazole rings is 1. The van der Waals surface area contributed by atoms with E-state index >= 15 is 0 Å². The highest BCUT2D eigenvalue weighted by atomic mass is 35.5. The Morgan fingerprint density at radius 1 is 1.33 bits per heavy atom. The highest BCUT2D eigenvalue weighted by molar-refractivity contribution is 7.11. The van der Waals surface area contributed by atoms with Crippen LogP contribution in [0.3, 0.4) is 0 Å². The van der Waals surface area contributed by atoms with E-state index in [1.54, 1.807) is 11.3 Å². The molecule has 1 atom stereocenters. The van der Waals surface area contributed by atoms with Crippen molar-refractivity contribution in [3.8, 4) is 0 Å². The first-order chi connectivity index (χ1) is 8.61. The third-order valence-corrected chi connectivity index (χ3v) is 4.52. The van der Waals surface area contributed by atoms with Gasteiger partial charge in [-0.1, -0.05) is 29.8 Å². The second-order valence-electron chi connectivity index (χ2n) is 4.32. The molecule has 1 unspecified atom stereocenters. The Kier molecular flexibility index (Phi) is 4.38. The molecule has 1 aromatic carbocycles. The van der Waals surface area contributed by atoms with Gasteiger partial charge in [0.05, 0.1) is 10.7 Å². The number of aryl methyl sites for hydroxylation is 2. The standard InChI is InChI=1S/C14H17ClN2S/c1-9-10(2)18-14(17-9)8-13(16-3)11-6-4-5-7-12(11)15/h4-7,13,16H,8H2,1-3H3. The highest BCUT2D eigenvalue weighted by Crippen LogP contribution is 2.27. The number of rotatable bonds is 4. The van der Waals surface area contributed by atoms with Gasteiger partial charge in [0.1, 0.15) is 0 Å². The van der Waals surface area contributed by atoms with Crippen LogP contribution in [0.2, 0.25) is 5.02 Å². The average Bonchev–Trinajstić information content (AvgIpc) is 2.66. The molecule has 2 rings (SSSR count). The maximum absolute atomic E-state index is 6.24. The number of hydrogen-bond acceptors (Lipinski definition) is 3. The number of hydrogen-bond donors (Lipinski definition) is 1. The van der Waals surface area contributed by atoms with Crippen molar-refractivity contribution in [2.24, 2.45) is 0 Å². The number of halogens is 1. The summed E-state index contributed by atoms with van der Waals surface area (Å²) in [6.45, 7) is 4.17. The lowest BCUT2D eigenvalue weighted by molar-refractivity contribution is 0.590. The Balaban J connectivity index is 2.22.